The summed E-state index contributed by atoms with van der Waals surface area (Å²) in [7, 11) is 3.42. The third-order valence-corrected chi connectivity index (χ3v) is 2.42. The van der Waals surface area contributed by atoms with Gasteiger partial charge in [0.05, 0.1) is 18.0 Å². The number of aryl methyl sites for hydroxylation is 1. The molecule has 0 saturated carbocycles. The predicted molar refractivity (Wildman–Crippen MR) is 57.3 cm³/mol. The van der Waals surface area contributed by atoms with Crippen LogP contribution in [0.1, 0.15) is 17.3 Å². The summed E-state index contributed by atoms with van der Waals surface area (Å²) < 4.78 is 6.87. The molecular weight excluding hydrogens is 192 g/mol. The predicted octanol–water partition coefficient (Wildman–Crippen LogP) is 1.78. The molecule has 0 fully saturated rings. The van der Waals surface area contributed by atoms with Gasteiger partial charge in [-0.2, -0.15) is 0 Å². The Hall–Kier alpha value is -1.84. The lowest BCUT2D eigenvalue weighted by Gasteiger charge is -1.97. The third-order valence-electron chi connectivity index (χ3n) is 2.42. The molecule has 0 aliphatic rings. The van der Waals surface area contributed by atoms with Gasteiger partial charge >= 0.3 is 0 Å². The number of Topliss-reactive ketones (excluding diaryl/α,β-unsaturated/α-hetero) is 1. The van der Waals surface area contributed by atoms with Crippen molar-refractivity contribution in [1.29, 1.82) is 0 Å². The van der Waals surface area contributed by atoms with E-state index in [-0.39, 0.29) is 5.78 Å². The fraction of sp³-hybridized carbons (Fsp3) is 0.273. The van der Waals surface area contributed by atoms with Gasteiger partial charge in [0, 0.05) is 12.6 Å². The van der Waals surface area contributed by atoms with E-state index in [1.165, 1.54) is 0 Å². The van der Waals surface area contributed by atoms with Crippen LogP contribution in [0.2, 0.25) is 0 Å². The van der Waals surface area contributed by atoms with Crippen molar-refractivity contribution in [2.75, 3.05) is 7.11 Å². The number of carbonyl (C=O) groups excluding carboxylic acids is 1. The average molecular weight is 204 g/mol. The van der Waals surface area contributed by atoms with Gasteiger partial charge in [0.15, 0.2) is 5.78 Å². The van der Waals surface area contributed by atoms with Gasteiger partial charge in [0.25, 0.3) is 0 Å². The number of ketones is 1. The number of nitrogens with zero attached hydrogens (tertiary/aromatic N) is 2. The molecule has 0 aliphatic carbocycles. The van der Waals surface area contributed by atoms with Gasteiger partial charge in [-0.25, -0.2) is 0 Å². The summed E-state index contributed by atoms with van der Waals surface area (Å²) in [6, 6.07) is 5.48. The number of ether oxygens (including phenoxy) is 1. The summed E-state index contributed by atoms with van der Waals surface area (Å²) in [5.41, 5.74) is 1.63. The number of methoxy groups -OCH3 is 1. The Kier molecular flexibility index (Phi) is 2.19. The van der Waals surface area contributed by atoms with Crippen molar-refractivity contribution in [2.45, 2.75) is 6.92 Å². The molecule has 1 heterocycles. The lowest BCUT2D eigenvalue weighted by molar-refractivity contribution is 0.101. The molecule has 0 unspecified atom stereocenters. The molecule has 0 bridgehead atoms. The maximum absolute atomic E-state index is 11.2. The molecular formula is C11H12N2O2. The summed E-state index contributed by atoms with van der Waals surface area (Å²) in [4.78, 5) is 11.2. The zero-order valence-corrected chi connectivity index (χ0v) is 8.94. The second-order valence-electron chi connectivity index (χ2n) is 3.42. The van der Waals surface area contributed by atoms with Crippen molar-refractivity contribution in [1.82, 2.24) is 9.78 Å². The zero-order chi connectivity index (χ0) is 11.0. The second kappa shape index (κ2) is 3.38. The molecule has 4 heteroatoms. The van der Waals surface area contributed by atoms with E-state index >= 15 is 0 Å². The van der Waals surface area contributed by atoms with E-state index in [1.807, 2.05) is 19.2 Å². The number of aromatic nitrogens is 2. The maximum atomic E-state index is 11.2. The highest BCUT2D eigenvalue weighted by molar-refractivity contribution is 5.99. The third kappa shape index (κ3) is 1.48. The summed E-state index contributed by atoms with van der Waals surface area (Å²) in [5.74, 6) is 0.596. The molecule has 15 heavy (non-hydrogen) atoms. The number of fused-ring (bicyclic) bond motifs is 1. The van der Waals surface area contributed by atoms with Crippen molar-refractivity contribution in [3.05, 3.63) is 23.8 Å². The van der Waals surface area contributed by atoms with Crippen LogP contribution in [0.25, 0.3) is 10.9 Å². The van der Waals surface area contributed by atoms with Gasteiger partial charge in [0.2, 0.25) is 5.88 Å². The van der Waals surface area contributed by atoms with Crippen molar-refractivity contribution >= 4 is 16.7 Å². The molecule has 0 atom stereocenters. The number of hydrogen-bond donors (Lipinski definition) is 0. The highest BCUT2D eigenvalue weighted by Gasteiger charge is 2.10. The molecule has 0 N–H and O–H groups in total. The molecule has 4 nitrogen and oxygen atoms in total. The molecule has 0 radical (unpaired) electrons. The molecule has 1 aromatic heterocycles. The number of rotatable bonds is 2. The van der Waals surface area contributed by atoms with Crippen LogP contribution in [0, 0.1) is 0 Å². The van der Waals surface area contributed by atoms with Crippen molar-refractivity contribution < 1.29 is 9.53 Å². The highest BCUT2D eigenvalue weighted by Crippen LogP contribution is 2.25. The van der Waals surface area contributed by atoms with Crippen LogP contribution >= 0.6 is 0 Å². The average Bonchev–Trinajstić information content (AvgIpc) is 2.55. The minimum atomic E-state index is 0.0443. The van der Waals surface area contributed by atoms with E-state index in [9.17, 15) is 4.79 Å². The van der Waals surface area contributed by atoms with Gasteiger partial charge in [-0.05, 0) is 25.1 Å². The molecule has 0 saturated heterocycles. The van der Waals surface area contributed by atoms with E-state index in [0.29, 0.717) is 11.4 Å². The molecule has 0 amide bonds. The zero-order valence-electron chi connectivity index (χ0n) is 8.94. The van der Waals surface area contributed by atoms with E-state index in [1.54, 1.807) is 24.8 Å². The first-order valence-corrected chi connectivity index (χ1v) is 4.65. The molecule has 78 valence electrons. The number of carbonyl (C=O) groups is 1. The molecule has 2 rings (SSSR count). The first-order valence-electron chi connectivity index (χ1n) is 4.65. The Bertz CT molecular complexity index is 529. The second-order valence-corrected chi connectivity index (χ2v) is 3.42. The van der Waals surface area contributed by atoms with Crippen LogP contribution in [0.5, 0.6) is 5.88 Å². The normalized spacial score (nSPS) is 10.6. The van der Waals surface area contributed by atoms with Crippen molar-refractivity contribution in [3.63, 3.8) is 0 Å². The monoisotopic (exact) mass is 204 g/mol. The van der Waals surface area contributed by atoms with Crippen LogP contribution < -0.4 is 4.74 Å². The van der Waals surface area contributed by atoms with Gasteiger partial charge in [0.1, 0.15) is 0 Å². The van der Waals surface area contributed by atoms with Crippen LogP contribution in [0.4, 0.5) is 0 Å². The summed E-state index contributed by atoms with van der Waals surface area (Å²) in [6.45, 7) is 1.55. The summed E-state index contributed by atoms with van der Waals surface area (Å²) in [5, 5.41) is 5.06. The van der Waals surface area contributed by atoms with E-state index in [4.69, 9.17) is 4.74 Å². The van der Waals surface area contributed by atoms with Gasteiger partial charge in [-0.15, -0.1) is 5.10 Å². The first kappa shape index (κ1) is 9.71. The van der Waals surface area contributed by atoms with Crippen LogP contribution in [-0.2, 0) is 7.05 Å². The van der Waals surface area contributed by atoms with E-state index in [0.717, 1.165) is 10.9 Å². The fourth-order valence-corrected chi connectivity index (χ4v) is 1.60. The Morgan fingerprint density at radius 1 is 1.47 bits per heavy atom. The Morgan fingerprint density at radius 3 is 2.80 bits per heavy atom. The quantitative estimate of drug-likeness (QED) is 0.700. The van der Waals surface area contributed by atoms with Crippen LogP contribution in [-0.4, -0.2) is 22.7 Å². The first-order chi connectivity index (χ1) is 7.13. The van der Waals surface area contributed by atoms with Crippen LogP contribution in [0.15, 0.2) is 18.2 Å². The lowest BCUT2D eigenvalue weighted by atomic mass is 10.1. The van der Waals surface area contributed by atoms with Gasteiger partial charge < -0.3 is 4.74 Å². The lowest BCUT2D eigenvalue weighted by Crippen LogP contribution is -1.92. The summed E-state index contributed by atoms with van der Waals surface area (Å²) in [6.07, 6.45) is 0. The smallest absolute Gasteiger partial charge is 0.240 e. The topological polar surface area (TPSA) is 44.1 Å². The van der Waals surface area contributed by atoms with Gasteiger partial charge in [-0.1, -0.05) is 0 Å². The van der Waals surface area contributed by atoms with E-state index < -0.39 is 0 Å². The Morgan fingerprint density at radius 2 is 2.20 bits per heavy atom. The van der Waals surface area contributed by atoms with Crippen LogP contribution in [0.3, 0.4) is 0 Å². The standard InChI is InChI=1S/C11H12N2O2/c1-7(14)8-4-5-10-9(6-8)11(15-3)12-13(10)2/h4-6H,1-3H3. The molecule has 2 aromatic rings. The summed E-state index contributed by atoms with van der Waals surface area (Å²) >= 11 is 0. The highest BCUT2D eigenvalue weighted by atomic mass is 16.5. The minimum Gasteiger partial charge on any atom is -0.479 e. The van der Waals surface area contributed by atoms with Gasteiger partial charge in [-0.3, -0.25) is 9.48 Å². The maximum Gasteiger partial charge on any atom is 0.240 e. The minimum absolute atomic E-state index is 0.0443. The fourth-order valence-electron chi connectivity index (χ4n) is 1.60. The Balaban J connectivity index is 2.73. The molecule has 0 spiro atoms. The number of hydrogen-bond acceptors (Lipinski definition) is 3. The largest absolute Gasteiger partial charge is 0.479 e. The molecule has 1 aromatic carbocycles. The molecule has 0 aliphatic heterocycles. The number of benzene rings is 1. The van der Waals surface area contributed by atoms with Crippen molar-refractivity contribution in [3.8, 4) is 5.88 Å². The van der Waals surface area contributed by atoms with Crippen molar-refractivity contribution in [2.24, 2.45) is 7.05 Å². The Labute approximate surface area is 87.5 Å². The van der Waals surface area contributed by atoms with E-state index in [2.05, 4.69) is 5.10 Å². The SMILES string of the molecule is COc1nn(C)c2ccc(C(C)=O)cc12.